The third kappa shape index (κ3) is 2.87. The second-order valence-corrected chi connectivity index (χ2v) is 4.27. The van der Waals surface area contributed by atoms with Crippen LogP contribution in [-0.4, -0.2) is 46.2 Å². The number of aliphatic hydroxyl groups excluding tert-OH is 3. The standard InChI is InChI=1S/C13H18O5/c14-7-3-6-13(8-15,9-16)11-5-2-1-4-10(11)12(17)18/h1-2,4-5,14-16H,3,6-9H2,(H,17,18). The molecule has 0 aliphatic rings. The van der Waals surface area contributed by atoms with E-state index in [1.165, 1.54) is 6.07 Å². The number of benzene rings is 1. The van der Waals surface area contributed by atoms with Crippen LogP contribution in [0.5, 0.6) is 0 Å². The summed E-state index contributed by atoms with van der Waals surface area (Å²) in [4.78, 5) is 11.2. The molecule has 0 unspecified atom stereocenters. The molecule has 0 amide bonds. The molecule has 0 aliphatic carbocycles. The maximum Gasteiger partial charge on any atom is 0.335 e. The Morgan fingerprint density at radius 1 is 1.11 bits per heavy atom. The fraction of sp³-hybridized carbons (Fsp3) is 0.462. The van der Waals surface area contributed by atoms with Gasteiger partial charge < -0.3 is 20.4 Å². The van der Waals surface area contributed by atoms with Gasteiger partial charge in [0, 0.05) is 12.0 Å². The SMILES string of the molecule is O=C(O)c1ccccc1C(CO)(CO)CCCO. The Hall–Kier alpha value is -1.43. The molecule has 1 rings (SSSR count). The van der Waals surface area contributed by atoms with E-state index in [9.17, 15) is 15.0 Å². The number of hydrogen-bond acceptors (Lipinski definition) is 4. The Morgan fingerprint density at radius 3 is 2.22 bits per heavy atom. The molecule has 0 bridgehead atoms. The van der Waals surface area contributed by atoms with Crippen LogP contribution in [0.25, 0.3) is 0 Å². The van der Waals surface area contributed by atoms with Crippen LogP contribution in [-0.2, 0) is 5.41 Å². The quantitative estimate of drug-likeness (QED) is 0.564. The van der Waals surface area contributed by atoms with Crippen LogP contribution < -0.4 is 0 Å². The summed E-state index contributed by atoms with van der Waals surface area (Å²) in [6, 6.07) is 6.29. The first-order valence-electron chi connectivity index (χ1n) is 5.76. The van der Waals surface area contributed by atoms with E-state index in [0.29, 0.717) is 18.4 Å². The second kappa shape index (κ2) is 6.49. The van der Waals surface area contributed by atoms with Gasteiger partial charge in [-0.3, -0.25) is 0 Å². The molecule has 18 heavy (non-hydrogen) atoms. The van der Waals surface area contributed by atoms with Gasteiger partial charge in [-0.05, 0) is 24.5 Å². The fourth-order valence-corrected chi connectivity index (χ4v) is 2.06. The summed E-state index contributed by atoms with van der Waals surface area (Å²) in [7, 11) is 0. The third-order valence-electron chi connectivity index (χ3n) is 3.15. The third-order valence-corrected chi connectivity index (χ3v) is 3.15. The van der Waals surface area contributed by atoms with Gasteiger partial charge in [0.05, 0.1) is 18.8 Å². The zero-order valence-electron chi connectivity index (χ0n) is 10.0. The summed E-state index contributed by atoms with van der Waals surface area (Å²) in [6.45, 7) is -0.807. The van der Waals surface area contributed by atoms with Crippen LogP contribution >= 0.6 is 0 Å². The van der Waals surface area contributed by atoms with Crippen molar-refractivity contribution in [2.45, 2.75) is 18.3 Å². The van der Waals surface area contributed by atoms with Crippen LogP contribution in [0.2, 0.25) is 0 Å². The highest BCUT2D eigenvalue weighted by Crippen LogP contribution is 2.31. The lowest BCUT2D eigenvalue weighted by Gasteiger charge is -2.31. The van der Waals surface area contributed by atoms with Crippen molar-refractivity contribution >= 4 is 5.97 Å². The molecule has 0 aromatic heterocycles. The van der Waals surface area contributed by atoms with Gasteiger partial charge in [0.25, 0.3) is 0 Å². The van der Waals surface area contributed by atoms with Crippen LogP contribution in [0.4, 0.5) is 0 Å². The monoisotopic (exact) mass is 254 g/mol. The first-order valence-corrected chi connectivity index (χ1v) is 5.76. The van der Waals surface area contributed by atoms with Gasteiger partial charge in [0.15, 0.2) is 0 Å². The Kier molecular flexibility index (Phi) is 5.27. The van der Waals surface area contributed by atoms with Crippen LogP contribution in [0.1, 0.15) is 28.8 Å². The Morgan fingerprint density at radius 2 is 1.72 bits per heavy atom. The lowest BCUT2D eigenvalue weighted by atomic mass is 9.76. The van der Waals surface area contributed by atoms with Gasteiger partial charge in [-0.2, -0.15) is 0 Å². The topological polar surface area (TPSA) is 98.0 Å². The molecular weight excluding hydrogens is 236 g/mol. The smallest absolute Gasteiger partial charge is 0.335 e. The van der Waals surface area contributed by atoms with Crippen LogP contribution in [0.15, 0.2) is 24.3 Å². The Bertz CT molecular complexity index is 398. The summed E-state index contributed by atoms with van der Waals surface area (Å²) >= 11 is 0. The van der Waals surface area contributed by atoms with Crippen molar-refractivity contribution < 1.29 is 25.2 Å². The zero-order chi connectivity index (χ0) is 13.6. The highest BCUT2D eigenvalue weighted by molar-refractivity contribution is 5.89. The lowest BCUT2D eigenvalue weighted by Crippen LogP contribution is -2.36. The van der Waals surface area contributed by atoms with E-state index < -0.39 is 11.4 Å². The molecule has 0 heterocycles. The van der Waals surface area contributed by atoms with Gasteiger partial charge in [-0.1, -0.05) is 18.2 Å². The molecule has 5 heteroatoms. The Labute approximate surface area is 105 Å². The van der Waals surface area contributed by atoms with E-state index >= 15 is 0 Å². The summed E-state index contributed by atoms with van der Waals surface area (Å²) in [5, 5.41) is 37.1. The minimum Gasteiger partial charge on any atom is -0.478 e. The maximum atomic E-state index is 11.2. The van der Waals surface area contributed by atoms with E-state index in [1.807, 2.05) is 0 Å². The van der Waals surface area contributed by atoms with Crippen LogP contribution in [0, 0.1) is 0 Å². The van der Waals surface area contributed by atoms with E-state index in [-0.39, 0.29) is 25.4 Å². The van der Waals surface area contributed by atoms with Crippen molar-refractivity contribution in [1.29, 1.82) is 0 Å². The van der Waals surface area contributed by atoms with E-state index in [2.05, 4.69) is 0 Å². The normalized spacial score (nSPS) is 11.5. The predicted octanol–water partition coefficient (Wildman–Crippen LogP) is 0.380. The van der Waals surface area contributed by atoms with Crippen molar-refractivity contribution in [1.82, 2.24) is 0 Å². The molecule has 0 aliphatic heterocycles. The molecule has 1 aromatic carbocycles. The Balaban J connectivity index is 3.24. The van der Waals surface area contributed by atoms with Gasteiger partial charge in [0.2, 0.25) is 0 Å². The van der Waals surface area contributed by atoms with Crippen LogP contribution in [0.3, 0.4) is 0 Å². The van der Waals surface area contributed by atoms with E-state index in [1.54, 1.807) is 18.2 Å². The van der Waals surface area contributed by atoms with Gasteiger partial charge >= 0.3 is 5.97 Å². The predicted molar refractivity (Wildman–Crippen MR) is 65.6 cm³/mol. The highest BCUT2D eigenvalue weighted by Gasteiger charge is 2.33. The van der Waals surface area contributed by atoms with Crippen molar-refractivity contribution in [2.75, 3.05) is 19.8 Å². The molecule has 5 nitrogen and oxygen atoms in total. The van der Waals surface area contributed by atoms with Crippen molar-refractivity contribution in [3.8, 4) is 0 Å². The minimum absolute atomic E-state index is 0.0681. The molecule has 0 saturated carbocycles. The van der Waals surface area contributed by atoms with E-state index in [4.69, 9.17) is 10.2 Å². The molecule has 1 aromatic rings. The molecule has 4 N–H and O–H groups in total. The molecule has 0 radical (unpaired) electrons. The number of aliphatic hydroxyl groups is 3. The summed E-state index contributed by atoms with van der Waals surface area (Å²) < 4.78 is 0. The number of carboxylic acid groups (broad SMARTS) is 1. The summed E-state index contributed by atoms with van der Waals surface area (Å²) in [6.07, 6.45) is 0.704. The molecule has 0 fully saturated rings. The number of aromatic carboxylic acids is 1. The average Bonchev–Trinajstić information content (AvgIpc) is 2.41. The van der Waals surface area contributed by atoms with Crippen molar-refractivity contribution in [3.05, 3.63) is 35.4 Å². The number of carbonyl (C=O) groups is 1. The first-order chi connectivity index (χ1) is 8.61. The minimum atomic E-state index is -1.10. The first kappa shape index (κ1) is 14.6. The number of carboxylic acids is 1. The molecule has 0 saturated heterocycles. The molecular formula is C13H18O5. The molecule has 100 valence electrons. The molecule has 0 atom stereocenters. The fourth-order valence-electron chi connectivity index (χ4n) is 2.06. The van der Waals surface area contributed by atoms with E-state index in [0.717, 1.165) is 0 Å². The van der Waals surface area contributed by atoms with Crippen molar-refractivity contribution in [2.24, 2.45) is 0 Å². The number of rotatable bonds is 7. The molecule has 0 spiro atoms. The largest absolute Gasteiger partial charge is 0.478 e. The lowest BCUT2D eigenvalue weighted by molar-refractivity contribution is 0.0682. The van der Waals surface area contributed by atoms with Gasteiger partial charge in [-0.25, -0.2) is 4.79 Å². The average molecular weight is 254 g/mol. The van der Waals surface area contributed by atoms with Gasteiger partial charge in [0.1, 0.15) is 0 Å². The second-order valence-electron chi connectivity index (χ2n) is 4.27. The highest BCUT2D eigenvalue weighted by atomic mass is 16.4. The zero-order valence-corrected chi connectivity index (χ0v) is 10.0. The summed E-state index contributed by atoms with van der Waals surface area (Å²) in [5.74, 6) is -1.10. The van der Waals surface area contributed by atoms with Gasteiger partial charge in [-0.15, -0.1) is 0 Å². The number of hydrogen-bond donors (Lipinski definition) is 4. The maximum absolute atomic E-state index is 11.2. The summed E-state index contributed by atoms with van der Waals surface area (Å²) in [5.41, 5.74) is -0.563. The van der Waals surface area contributed by atoms with Crippen molar-refractivity contribution in [3.63, 3.8) is 0 Å².